The average molecular weight is 454 g/mol. The van der Waals surface area contributed by atoms with Crippen molar-refractivity contribution in [2.75, 3.05) is 0 Å². The summed E-state index contributed by atoms with van der Waals surface area (Å²) in [7, 11) is 0. The van der Waals surface area contributed by atoms with E-state index < -0.39 is 36.0 Å². The molecule has 1 aliphatic rings. The summed E-state index contributed by atoms with van der Waals surface area (Å²) >= 11 is 0. The smallest absolute Gasteiger partial charge is 0.418 e. The van der Waals surface area contributed by atoms with Gasteiger partial charge in [-0.15, -0.1) is 0 Å². The predicted octanol–water partition coefficient (Wildman–Crippen LogP) is 5.35. The molecular formula is C21H19F5N4O2. The molecule has 0 aliphatic heterocycles. The van der Waals surface area contributed by atoms with Gasteiger partial charge in [0, 0.05) is 11.8 Å². The van der Waals surface area contributed by atoms with E-state index in [1.807, 2.05) is 0 Å². The molecule has 0 aromatic carbocycles. The zero-order valence-electron chi connectivity index (χ0n) is 16.8. The number of pyridine rings is 1. The van der Waals surface area contributed by atoms with E-state index in [2.05, 4.69) is 15.1 Å². The van der Waals surface area contributed by atoms with E-state index in [4.69, 9.17) is 4.42 Å². The average Bonchev–Trinajstić information content (AvgIpc) is 3.26. The Morgan fingerprint density at radius 2 is 1.91 bits per heavy atom. The third kappa shape index (κ3) is 4.56. The zero-order chi connectivity index (χ0) is 22.9. The van der Waals surface area contributed by atoms with Crippen molar-refractivity contribution in [3.63, 3.8) is 0 Å². The van der Waals surface area contributed by atoms with E-state index in [1.54, 1.807) is 0 Å². The van der Waals surface area contributed by atoms with Gasteiger partial charge in [0.25, 0.3) is 12.0 Å². The first kappa shape index (κ1) is 22.1. The van der Waals surface area contributed by atoms with Crippen LogP contribution in [-0.2, 0) is 12.7 Å². The Morgan fingerprint density at radius 1 is 1.16 bits per heavy atom. The summed E-state index contributed by atoms with van der Waals surface area (Å²) in [5.74, 6) is -1.01. The summed E-state index contributed by atoms with van der Waals surface area (Å²) < 4.78 is 72.0. The third-order valence-electron chi connectivity index (χ3n) is 5.50. The molecule has 0 unspecified atom stereocenters. The van der Waals surface area contributed by atoms with Crippen LogP contribution in [0, 0.1) is 0 Å². The number of oxazole rings is 1. The molecule has 0 amide bonds. The number of aromatic nitrogens is 4. The van der Waals surface area contributed by atoms with E-state index in [1.165, 1.54) is 12.3 Å². The van der Waals surface area contributed by atoms with Crippen LogP contribution in [-0.4, -0.2) is 19.7 Å². The maximum absolute atomic E-state index is 13.4. The van der Waals surface area contributed by atoms with Crippen LogP contribution < -0.4 is 5.56 Å². The molecule has 170 valence electrons. The molecule has 3 aromatic heterocycles. The molecule has 0 saturated heterocycles. The summed E-state index contributed by atoms with van der Waals surface area (Å²) in [6.45, 7) is -0.537. The first-order chi connectivity index (χ1) is 15.2. The molecule has 0 spiro atoms. The van der Waals surface area contributed by atoms with Crippen LogP contribution >= 0.6 is 0 Å². The standard InChI is InChI=1S/C21H19F5N4O2/c22-18(23)17-10-28-19(32-17)15-9-13(12-5-2-1-3-6-12)20(31)30(29-15)11-16-14(21(24,25)26)7-4-8-27-16/h4,7-10,12,18H,1-3,5-6,11H2. The van der Waals surface area contributed by atoms with Crippen LogP contribution in [0.5, 0.6) is 0 Å². The minimum Gasteiger partial charge on any atom is -0.434 e. The molecule has 3 heterocycles. The van der Waals surface area contributed by atoms with E-state index in [9.17, 15) is 26.7 Å². The molecule has 11 heteroatoms. The van der Waals surface area contributed by atoms with Gasteiger partial charge in [-0.05, 0) is 37.0 Å². The van der Waals surface area contributed by atoms with Gasteiger partial charge in [-0.25, -0.2) is 18.4 Å². The Morgan fingerprint density at radius 3 is 2.56 bits per heavy atom. The van der Waals surface area contributed by atoms with Crippen molar-refractivity contribution >= 4 is 0 Å². The lowest BCUT2D eigenvalue weighted by Crippen LogP contribution is -2.30. The maximum atomic E-state index is 13.4. The van der Waals surface area contributed by atoms with Crippen molar-refractivity contribution in [3.05, 3.63) is 63.5 Å². The predicted molar refractivity (Wildman–Crippen MR) is 103 cm³/mol. The summed E-state index contributed by atoms with van der Waals surface area (Å²) in [5, 5.41) is 4.08. The molecule has 32 heavy (non-hydrogen) atoms. The van der Waals surface area contributed by atoms with E-state index in [0.29, 0.717) is 5.56 Å². The highest BCUT2D eigenvalue weighted by molar-refractivity contribution is 5.48. The highest BCUT2D eigenvalue weighted by Crippen LogP contribution is 2.34. The highest BCUT2D eigenvalue weighted by atomic mass is 19.4. The van der Waals surface area contributed by atoms with E-state index in [-0.39, 0.29) is 23.2 Å². The molecule has 1 aliphatic carbocycles. The van der Waals surface area contributed by atoms with Crippen LogP contribution in [0.25, 0.3) is 11.6 Å². The summed E-state index contributed by atoms with van der Waals surface area (Å²) in [6.07, 6.45) is -1.16. The second kappa shape index (κ2) is 8.79. The second-order valence-corrected chi connectivity index (χ2v) is 7.65. The maximum Gasteiger partial charge on any atom is 0.418 e. The Bertz CT molecular complexity index is 1150. The molecule has 0 N–H and O–H groups in total. The van der Waals surface area contributed by atoms with Crippen molar-refractivity contribution in [2.24, 2.45) is 0 Å². The fourth-order valence-corrected chi connectivity index (χ4v) is 3.95. The fourth-order valence-electron chi connectivity index (χ4n) is 3.95. The van der Waals surface area contributed by atoms with Gasteiger partial charge in [0.05, 0.1) is 24.0 Å². The monoisotopic (exact) mass is 454 g/mol. The summed E-state index contributed by atoms with van der Waals surface area (Å²) in [4.78, 5) is 20.8. The van der Waals surface area contributed by atoms with Crippen LogP contribution in [0.15, 0.2) is 39.8 Å². The van der Waals surface area contributed by atoms with Crippen LogP contribution in [0.3, 0.4) is 0 Å². The molecule has 0 bridgehead atoms. The molecule has 4 rings (SSSR count). The summed E-state index contributed by atoms with van der Waals surface area (Å²) in [6, 6.07) is 3.48. The fraction of sp³-hybridized carbons (Fsp3) is 0.429. The van der Waals surface area contributed by atoms with Gasteiger partial charge in [0.15, 0.2) is 5.76 Å². The molecular weight excluding hydrogens is 435 g/mol. The van der Waals surface area contributed by atoms with Gasteiger partial charge in [0.2, 0.25) is 5.89 Å². The normalized spacial score (nSPS) is 15.4. The minimum absolute atomic E-state index is 0.00145. The largest absolute Gasteiger partial charge is 0.434 e. The third-order valence-corrected chi connectivity index (χ3v) is 5.50. The van der Waals surface area contributed by atoms with Crippen molar-refractivity contribution in [2.45, 2.75) is 57.2 Å². The Labute approximate surface area is 179 Å². The molecule has 6 nitrogen and oxygen atoms in total. The van der Waals surface area contributed by atoms with Crippen molar-refractivity contribution in [1.29, 1.82) is 0 Å². The van der Waals surface area contributed by atoms with E-state index in [0.717, 1.165) is 55.1 Å². The van der Waals surface area contributed by atoms with Gasteiger partial charge in [-0.3, -0.25) is 9.78 Å². The quantitative estimate of drug-likeness (QED) is 0.486. The second-order valence-electron chi connectivity index (χ2n) is 7.65. The lowest BCUT2D eigenvalue weighted by atomic mass is 9.84. The number of rotatable bonds is 5. The Kier molecular flexibility index (Phi) is 6.07. The van der Waals surface area contributed by atoms with Crippen molar-refractivity contribution in [1.82, 2.24) is 19.7 Å². The van der Waals surface area contributed by atoms with Gasteiger partial charge < -0.3 is 4.42 Å². The Balaban J connectivity index is 1.82. The Hall–Kier alpha value is -3.11. The van der Waals surface area contributed by atoms with Crippen molar-refractivity contribution < 1.29 is 26.4 Å². The lowest BCUT2D eigenvalue weighted by Gasteiger charge is -2.22. The van der Waals surface area contributed by atoms with Crippen LogP contribution in [0.2, 0.25) is 0 Å². The van der Waals surface area contributed by atoms with Crippen molar-refractivity contribution in [3.8, 4) is 11.6 Å². The topological polar surface area (TPSA) is 73.8 Å². The van der Waals surface area contributed by atoms with Gasteiger partial charge in [-0.1, -0.05) is 19.3 Å². The molecule has 1 fully saturated rings. The number of hydrogen-bond acceptors (Lipinski definition) is 5. The van der Waals surface area contributed by atoms with E-state index >= 15 is 0 Å². The number of alkyl halides is 5. The molecule has 0 atom stereocenters. The van der Waals surface area contributed by atoms with Gasteiger partial charge in [0.1, 0.15) is 5.69 Å². The molecule has 0 radical (unpaired) electrons. The van der Waals surface area contributed by atoms with Crippen LogP contribution in [0.1, 0.15) is 67.0 Å². The molecule has 3 aromatic rings. The van der Waals surface area contributed by atoms with Gasteiger partial charge >= 0.3 is 6.18 Å². The minimum atomic E-state index is -4.66. The number of nitrogens with zero attached hydrogens (tertiary/aromatic N) is 4. The highest BCUT2D eigenvalue weighted by Gasteiger charge is 2.34. The molecule has 1 saturated carbocycles. The first-order valence-electron chi connectivity index (χ1n) is 10.1. The van der Waals surface area contributed by atoms with Gasteiger partial charge in [-0.2, -0.15) is 18.3 Å². The number of hydrogen-bond donors (Lipinski definition) is 0. The lowest BCUT2D eigenvalue weighted by molar-refractivity contribution is -0.138. The first-order valence-corrected chi connectivity index (χ1v) is 10.1. The van der Waals surface area contributed by atoms with Crippen LogP contribution in [0.4, 0.5) is 22.0 Å². The SMILES string of the molecule is O=c1c(C2CCCCC2)cc(-c2ncc(C(F)F)o2)nn1Cc1ncccc1C(F)(F)F. The summed E-state index contributed by atoms with van der Waals surface area (Å²) in [5.41, 5.74) is -1.53. The number of halogens is 5. The zero-order valence-corrected chi connectivity index (χ0v) is 16.8.